The minimum Gasteiger partial charge on any atom is -0.337 e. The fourth-order valence-electron chi connectivity index (χ4n) is 4.25. The number of likely N-dealkylation sites (tertiary alicyclic amines) is 1. The molecule has 4 heterocycles. The molecule has 2 aliphatic rings. The number of fused-ring (bicyclic) bond motifs is 2. The maximum Gasteiger partial charge on any atom is 0.264 e. The van der Waals surface area contributed by atoms with E-state index in [2.05, 4.69) is 18.8 Å². The molecule has 24 heavy (non-hydrogen) atoms. The largest absolute Gasteiger partial charge is 0.337 e. The van der Waals surface area contributed by atoms with Crippen LogP contribution in [0.2, 0.25) is 0 Å². The third kappa shape index (κ3) is 2.39. The highest BCUT2D eigenvalue weighted by molar-refractivity contribution is 7.20. The van der Waals surface area contributed by atoms with E-state index in [9.17, 15) is 9.59 Å². The van der Waals surface area contributed by atoms with E-state index in [0.29, 0.717) is 22.1 Å². The predicted octanol–water partition coefficient (Wildman–Crippen LogP) is 2.83. The van der Waals surface area contributed by atoms with Gasteiger partial charge in [-0.25, -0.2) is 4.98 Å². The summed E-state index contributed by atoms with van der Waals surface area (Å²) in [7, 11) is 0. The molecule has 2 aliphatic heterocycles. The Balaban J connectivity index is 1.78. The van der Waals surface area contributed by atoms with Crippen LogP contribution in [0.5, 0.6) is 0 Å². The van der Waals surface area contributed by atoms with E-state index in [0.717, 1.165) is 48.7 Å². The van der Waals surface area contributed by atoms with Crippen LogP contribution in [-0.2, 0) is 13.0 Å². The molecule has 128 valence electrons. The third-order valence-corrected chi connectivity index (χ3v) is 6.44. The van der Waals surface area contributed by atoms with Crippen molar-refractivity contribution in [3.63, 3.8) is 0 Å². The second-order valence-electron chi connectivity index (χ2n) is 7.48. The first kappa shape index (κ1) is 15.8. The van der Waals surface area contributed by atoms with Gasteiger partial charge in [-0.1, -0.05) is 13.8 Å². The molecule has 0 spiro atoms. The predicted molar refractivity (Wildman–Crippen MR) is 95.8 cm³/mol. The number of piperidine rings is 1. The lowest BCUT2D eigenvalue weighted by Crippen LogP contribution is -2.42. The molecule has 0 N–H and O–H groups in total. The van der Waals surface area contributed by atoms with Gasteiger partial charge in [-0.05, 0) is 37.2 Å². The van der Waals surface area contributed by atoms with Crippen LogP contribution in [0.4, 0.5) is 0 Å². The van der Waals surface area contributed by atoms with Crippen molar-refractivity contribution in [3.05, 3.63) is 26.6 Å². The summed E-state index contributed by atoms with van der Waals surface area (Å²) in [5.74, 6) is 1.99. The zero-order chi connectivity index (χ0) is 17.0. The molecule has 4 rings (SSSR count). The van der Waals surface area contributed by atoms with Crippen molar-refractivity contribution in [2.45, 2.75) is 46.6 Å². The summed E-state index contributed by atoms with van der Waals surface area (Å²) in [4.78, 5) is 33.9. The Morgan fingerprint density at radius 1 is 1.25 bits per heavy atom. The van der Waals surface area contributed by atoms with Gasteiger partial charge in [0.1, 0.15) is 10.7 Å². The summed E-state index contributed by atoms with van der Waals surface area (Å²) >= 11 is 1.39. The second kappa shape index (κ2) is 5.69. The van der Waals surface area contributed by atoms with E-state index in [1.807, 2.05) is 11.8 Å². The Bertz CT molecular complexity index is 872. The number of aromatic nitrogens is 2. The van der Waals surface area contributed by atoms with Gasteiger partial charge in [-0.15, -0.1) is 11.3 Å². The lowest BCUT2D eigenvalue weighted by molar-refractivity contribution is 0.0627. The molecule has 2 aromatic rings. The van der Waals surface area contributed by atoms with E-state index < -0.39 is 0 Å². The molecule has 1 amide bonds. The highest BCUT2D eigenvalue weighted by Gasteiger charge is 2.30. The number of aryl methyl sites for hydroxylation is 2. The molecular formula is C18H23N3O2S. The fraction of sp³-hybridized carbons (Fsp3) is 0.611. The van der Waals surface area contributed by atoms with E-state index >= 15 is 0 Å². The Hall–Kier alpha value is -1.69. The van der Waals surface area contributed by atoms with Crippen LogP contribution in [0.25, 0.3) is 10.2 Å². The molecule has 0 saturated carbocycles. The Kier molecular flexibility index (Phi) is 3.75. The van der Waals surface area contributed by atoms with Gasteiger partial charge in [-0.2, -0.15) is 0 Å². The van der Waals surface area contributed by atoms with Crippen LogP contribution >= 0.6 is 11.3 Å². The zero-order valence-electron chi connectivity index (χ0n) is 14.5. The summed E-state index contributed by atoms with van der Waals surface area (Å²) in [5.41, 5.74) is 0.839. The van der Waals surface area contributed by atoms with Crippen molar-refractivity contribution in [2.75, 3.05) is 13.1 Å². The Morgan fingerprint density at radius 2 is 1.96 bits per heavy atom. The van der Waals surface area contributed by atoms with Gasteiger partial charge in [0.15, 0.2) is 0 Å². The number of hydrogen-bond acceptors (Lipinski definition) is 4. The van der Waals surface area contributed by atoms with Crippen LogP contribution in [0, 0.1) is 18.8 Å². The molecule has 0 aromatic carbocycles. The quantitative estimate of drug-likeness (QED) is 0.798. The van der Waals surface area contributed by atoms with Crippen molar-refractivity contribution >= 4 is 27.5 Å². The number of nitrogens with zero attached hydrogens (tertiary/aromatic N) is 3. The summed E-state index contributed by atoms with van der Waals surface area (Å²) in [5, 5.41) is 0.645. The highest BCUT2D eigenvalue weighted by Crippen LogP contribution is 2.31. The molecule has 0 aliphatic carbocycles. The Morgan fingerprint density at radius 3 is 2.67 bits per heavy atom. The third-order valence-electron chi connectivity index (χ3n) is 5.26. The van der Waals surface area contributed by atoms with E-state index in [-0.39, 0.29) is 11.5 Å². The smallest absolute Gasteiger partial charge is 0.264 e. The number of hydrogen-bond donors (Lipinski definition) is 0. The van der Waals surface area contributed by atoms with Crippen molar-refractivity contribution < 1.29 is 4.79 Å². The molecule has 5 nitrogen and oxygen atoms in total. The van der Waals surface area contributed by atoms with Gasteiger partial charge in [0.25, 0.3) is 11.5 Å². The first-order valence-electron chi connectivity index (χ1n) is 8.77. The maximum atomic E-state index is 13.0. The van der Waals surface area contributed by atoms with Gasteiger partial charge >= 0.3 is 0 Å². The van der Waals surface area contributed by atoms with Crippen LogP contribution in [0.15, 0.2) is 4.79 Å². The maximum absolute atomic E-state index is 13.0. The molecule has 0 radical (unpaired) electrons. The number of thiophene rings is 1. The SMILES string of the molecule is Cc1c(C(=O)N2CC(C)CC(C)C2)sc2nc3n(c(=O)c12)CCC3. The van der Waals surface area contributed by atoms with E-state index in [4.69, 9.17) is 0 Å². The topological polar surface area (TPSA) is 55.2 Å². The van der Waals surface area contributed by atoms with Crippen molar-refractivity contribution in [2.24, 2.45) is 11.8 Å². The number of carbonyl (C=O) groups is 1. The van der Waals surface area contributed by atoms with Crippen LogP contribution in [-0.4, -0.2) is 33.4 Å². The molecule has 6 heteroatoms. The van der Waals surface area contributed by atoms with Crippen LogP contribution < -0.4 is 5.56 Å². The number of rotatable bonds is 1. The minimum atomic E-state index is 0.0284. The number of amides is 1. The summed E-state index contributed by atoms with van der Waals surface area (Å²) in [6.45, 7) is 8.66. The average Bonchev–Trinajstić information content (AvgIpc) is 3.11. The summed E-state index contributed by atoms with van der Waals surface area (Å²) in [6.07, 6.45) is 3.01. The fourth-order valence-corrected chi connectivity index (χ4v) is 5.41. The minimum absolute atomic E-state index is 0.0284. The van der Waals surface area contributed by atoms with E-state index in [1.54, 1.807) is 4.57 Å². The molecule has 0 bridgehead atoms. The molecule has 2 unspecified atom stereocenters. The monoisotopic (exact) mass is 345 g/mol. The first-order chi connectivity index (χ1) is 11.5. The van der Waals surface area contributed by atoms with E-state index in [1.165, 1.54) is 17.8 Å². The molecule has 2 aromatic heterocycles. The second-order valence-corrected chi connectivity index (χ2v) is 8.48. The molecular weight excluding hydrogens is 322 g/mol. The molecule has 2 atom stereocenters. The molecule has 1 fully saturated rings. The van der Waals surface area contributed by atoms with Gasteiger partial charge in [0, 0.05) is 26.1 Å². The van der Waals surface area contributed by atoms with Crippen molar-refractivity contribution in [1.29, 1.82) is 0 Å². The average molecular weight is 345 g/mol. The van der Waals surface area contributed by atoms with Crippen LogP contribution in [0.3, 0.4) is 0 Å². The summed E-state index contributed by atoms with van der Waals surface area (Å²) < 4.78 is 1.78. The highest BCUT2D eigenvalue weighted by atomic mass is 32.1. The lowest BCUT2D eigenvalue weighted by atomic mass is 9.92. The Labute approximate surface area is 145 Å². The molecule has 1 saturated heterocycles. The van der Waals surface area contributed by atoms with Crippen molar-refractivity contribution in [3.8, 4) is 0 Å². The number of carbonyl (C=O) groups excluding carboxylic acids is 1. The standard InChI is InChI=1S/C18H23N3O2S/c1-10-7-11(2)9-20(8-10)18(23)15-12(3)14-16(24-15)19-13-5-4-6-21(13)17(14)22/h10-11H,4-9H2,1-3H3. The van der Waals surface area contributed by atoms with Crippen molar-refractivity contribution in [1.82, 2.24) is 14.5 Å². The van der Waals surface area contributed by atoms with Gasteiger partial charge in [0.2, 0.25) is 0 Å². The summed E-state index contributed by atoms with van der Waals surface area (Å²) in [6, 6.07) is 0. The zero-order valence-corrected chi connectivity index (χ0v) is 15.3. The van der Waals surface area contributed by atoms with Crippen LogP contribution in [0.1, 0.15) is 47.7 Å². The first-order valence-corrected chi connectivity index (χ1v) is 9.59. The van der Waals surface area contributed by atoms with Gasteiger partial charge < -0.3 is 4.90 Å². The van der Waals surface area contributed by atoms with Gasteiger partial charge in [0.05, 0.1) is 10.3 Å². The lowest BCUT2D eigenvalue weighted by Gasteiger charge is -2.34. The van der Waals surface area contributed by atoms with Gasteiger partial charge in [-0.3, -0.25) is 14.2 Å². The normalized spacial score (nSPS) is 23.7.